The molecule has 3 aliphatic rings. The molecule has 3 saturated heterocycles. The van der Waals surface area contributed by atoms with Crippen LogP contribution >= 0.6 is 0 Å². The summed E-state index contributed by atoms with van der Waals surface area (Å²) in [5.74, 6) is 0.730. The Morgan fingerprint density at radius 3 is 2.27 bits per heavy atom. The SMILES string of the molecule is O=C(CN1CCN(C(=O)C2CCNC2)CC1)N1CCCCC1. The van der Waals surface area contributed by atoms with Crippen LogP contribution < -0.4 is 5.32 Å². The van der Waals surface area contributed by atoms with E-state index >= 15 is 0 Å². The number of hydrogen-bond donors (Lipinski definition) is 1. The fourth-order valence-electron chi connectivity index (χ4n) is 3.68. The third kappa shape index (κ3) is 3.79. The van der Waals surface area contributed by atoms with Gasteiger partial charge in [-0.25, -0.2) is 0 Å². The molecule has 3 rings (SSSR count). The molecule has 0 aliphatic carbocycles. The standard InChI is InChI=1S/C16H28N4O2/c21-15(19-6-2-1-3-7-19)13-18-8-10-20(11-9-18)16(22)14-4-5-17-12-14/h14,17H,1-13H2. The number of likely N-dealkylation sites (tertiary alicyclic amines) is 1. The smallest absolute Gasteiger partial charge is 0.236 e. The van der Waals surface area contributed by atoms with Crippen molar-refractivity contribution in [2.45, 2.75) is 25.7 Å². The summed E-state index contributed by atoms with van der Waals surface area (Å²) in [5.41, 5.74) is 0. The molecule has 3 aliphatic heterocycles. The van der Waals surface area contributed by atoms with E-state index in [1.54, 1.807) is 0 Å². The summed E-state index contributed by atoms with van der Waals surface area (Å²) < 4.78 is 0. The molecule has 0 aromatic rings. The first-order valence-corrected chi connectivity index (χ1v) is 8.73. The van der Waals surface area contributed by atoms with Crippen molar-refractivity contribution in [3.8, 4) is 0 Å². The Hall–Kier alpha value is -1.14. The summed E-state index contributed by atoms with van der Waals surface area (Å²) in [6.45, 7) is 7.33. The molecule has 1 N–H and O–H groups in total. The molecule has 1 atom stereocenters. The minimum atomic E-state index is 0.168. The summed E-state index contributed by atoms with van der Waals surface area (Å²) in [6.07, 6.45) is 4.50. The van der Waals surface area contributed by atoms with Crippen LogP contribution in [-0.2, 0) is 9.59 Å². The van der Waals surface area contributed by atoms with E-state index < -0.39 is 0 Å². The zero-order valence-electron chi connectivity index (χ0n) is 13.4. The maximum atomic E-state index is 12.4. The van der Waals surface area contributed by atoms with E-state index in [1.165, 1.54) is 6.42 Å². The van der Waals surface area contributed by atoms with Crippen molar-refractivity contribution in [3.63, 3.8) is 0 Å². The maximum Gasteiger partial charge on any atom is 0.236 e. The van der Waals surface area contributed by atoms with Crippen molar-refractivity contribution in [3.05, 3.63) is 0 Å². The molecule has 0 saturated carbocycles. The van der Waals surface area contributed by atoms with E-state index in [0.717, 1.165) is 71.6 Å². The number of nitrogens with one attached hydrogen (secondary N) is 1. The zero-order valence-corrected chi connectivity index (χ0v) is 13.4. The molecular formula is C16H28N4O2. The highest BCUT2D eigenvalue weighted by atomic mass is 16.2. The number of hydrogen-bond acceptors (Lipinski definition) is 4. The number of amides is 2. The van der Waals surface area contributed by atoms with Crippen LogP contribution in [0.2, 0.25) is 0 Å². The van der Waals surface area contributed by atoms with Crippen LogP contribution in [0.5, 0.6) is 0 Å². The second-order valence-corrected chi connectivity index (χ2v) is 6.73. The third-order valence-corrected chi connectivity index (χ3v) is 5.16. The first kappa shape index (κ1) is 15.7. The van der Waals surface area contributed by atoms with Crippen LogP contribution in [0.3, 0.4) is 0 Å². The molecule has 2 amide bonds. The average Bonchev–Trinajstić information content (AvgIpc) is 3.10. The first-order chi connectivity index (χ1) is 10.7. The minimum Gasteiger partial charge on any atom is -0.342 e. The molecule has 0 aromatic heterocycles. The number of rotatable bonds is 3. The second kappa shape index (κ2) is 7.42. The fraction of sp³-hybridized carbons (Fsp3) is 0.875. The van der Waals surface area contributed by atoms with Crippen LogP contribution in [0.25, 0.3) is 0 Å². The van der Waals surface area contributed by atoms with E-state index in [9.17, 15) is 9.59 Å². The van der Waals surface area contributed by atoms with E-state index in [4.69, 9.17) is 0 Å². The third-order valence-electron chi connectivity index (χ3n) is 5.16. The Labute approximate surface area is 132 Å². The summed E-state index contributed by atoms with van der Waals surface area (Å²) in [4.78, 5) is 30.8. The van der Waals surface area contributed by atoms with Gasteiger partial charge >= 0.3 is 0 Å². The van der Waals surface area contributed by atoms with E-state index in [-0.39, 0.29) is 11.8 Å². The van der Waals surface area contributed by atoms with Gasteiger partial charge in [0, 0.05) is 45.8 Å². The van der Waals surface area contributed by atoms with Gasteiger partial charge in [0.25, 0.3) is 0 Å². The number of piperidine rings is 1. The number of nitrogens with zero attached hydrogens (tertiary/aromatic N) is 3. The largest absolute Gasteiger partial charge is 0.342 e. The van der Waals surface area contributed by atoms with Gasteiger partial charge in [-0.3, -0.25) is 14.5 Å². The second-order valence-electron chi connectivity index (χ2n) is 6.73. The predicted octanol–water partition coefficient (Wildman–Crippen LogP) is -0.247. The van der Waals surface area contributed by atoms with Gasteiger partial charge in [-0.05, 0) is 32.2 Å². The van der Waals surface area contributed by atoms with Crippen molar-refractivity contribution in [1.82, 2.24) is 20.0 Å². The first-order valence-electron chi connectivity index (χ1n) is 8.73. The van der Waals surface area contributed by atoms with Crippen molar-refractivity contribution in [1.29, 1.82) is 0 Å². The van der Waals surface area contributed by atoms with Gasteiger partial charge in [-0.1, -0.05) is 0 Å². The van der Waals surface area contributed by atoms with Gasteiger partial charge in [0.2, 0.25) is 11.8 Å². The molecule has 22 heavy (non-hydrogen) atoms. The molecule has 1 unspecified atom stereocenters. The molecule has 0 bridgehead atoms. The van der Waals surface area contributed by atoms with E-state index in [2.05, 4.69) is 10.2 Å². The van der Waals surface area contributed by atoms with E-state index in [0.29, 0.717) is 12.5 Å². The van der Waals surface area contributed by atoms with Gasteiger partial charge in [0.05, 0.1) is 12.5 Å². The monoisotopic (exact) mass is 308 g/mol. The van der Waals surface area contributed by atoms with Crippen molar-refractivity contribution in [2.75, 3.05) is 58.9 Å². The molecule has 0 spiro atoms. The Morgan fingerprint density at radius 2 is 1.64 bits per heavy atom. The summed E-state index contributed by atoms with van der Waals surface area (Å²) in [5, 5.41) is 3.26. The van der Waals surface area contributed by atoms with Gasteiger partial charge in [0.15, 0.2) is 0 Å². The number of carbonyl (C=O) groups is 2. The van der Waals surface area contributed by atoms with E-state index in [1.807, 2.05) is 9.80 Å². The van der Waals surface area contributed by atoms with Crippen LogP contribution in [-0.4, -0.2) is 85.4 Å². The molecule has 3 heterocycles. The van der Waals surface area contributed by atoms with Gasteiger partial charge in [0.1, 0.15) is 0 Å². The molecule has 124 valence electrons. The molecule has 6 heteroatoms. The zero-order chi connectivity index (χ0) is 15.4. The van der Waals surface area contributed by atoms with Crippen molar-refractivity contribution >= 4 is 11.8 Å². The molecular weight excluding hydrogens is 280 g/mol. The quantitative estimate of drug-likeness (QED) is 0.781. The molecule has 3 fully saturated rings. The molecule has 6 nitrogen and oxygen atoms in total. The highest BCUT2D eigenvalue weighted by Crippen LogP contribution is 2.14. The van der Waals surface area contributed by atoms with Crippen LogP contribution in [0.15, 0.2) is 0 Å². The Balaban J connectivity index is 1.41. The predicted molar refractivity (Wildman–Crippen MR) is 84.4 cm³/mol. The topological polar surface area (TPSA) is 55.9 Å². The minimum absolute atomic E-state index is 0.168. The highest BCUT2D eigenvalue weighted by molar-refractivity contribution is 5.80. The summed E-state index contributed by atoms with van der Waals surface area (Å²) in [6, 6.07) is 0. The lowest BCUT2D eigenvalue weighted by atomic mass is 10.1. The van der Waals surface area contributed by atoms with Gasteiger partial charge in [-0.2, -0.15) is 0 Å². The normalized spacial score (nSPS) is 27.2. The summed E-state index contributed by atoms with van der Waals surface area (Å²) in [7, 11) is 0. The highest BCUT2D eigenvalue weighted by Gasteiger charge is 2.30. The number of piperazine rings is 1. The number of carbonyl (C=O) groups excluding carboxylic acids is 2. The lowest BCUT2D eigenvalue weighted by Crippen LogP contribution is -2.53. The van der Waals surface area contributed by atoms with Crippen molar-refractivity contribution in [2.24, 2.45) is 5.92 Å². The van der Waals surface area contributed by atoms with Gasteiger partial charge in [-0.15, -0.1) is 0 Å². The molecule has 0 aromatic carbocycles. The van der Waals surface area contributed by atoms with Crippen LogP contribution in [0, 0.1) is 5.92 Å². The summed E-state index contributed by atoms with van der Waals surface area (Å²) >= 11 is 0. The lowest BCUT2D eigenvalue weighted by Gasteiger charge is -2.37. The molecule has 0 radical (unpaired) electrons. The maximum absolute atomic E-state index is 12.4. The lowest BCUT2D eigenvalue weighted by molar-refractivity contribution is -0.138. The fourth-order valence-corrected chi connectivity index (χ4v) is 3.68. The Kier molecular flexibility index (Phi) is 5.31. The Bertz CT molecular complexity index is 395. The Morgan fingerprint density at radius 1 is 0.909 bits per heavy atom. The van der Waals surface area contributed by atoms with Crippen LogP contribution in [0.1, 0.15) is 25.7 Å². The van der Waals surface area contributed by atoms with Crippen molar-refractivity contribution < 1.29 is 9.59 Å². The van der Waals surface area contributed by atoms with Gasteiger partial charge < -0.3 is 15.1 Å². The van der Waals surface area contributed by atoms with Crippen LogP contribution in [0.4, 0.5) is 0 Å². The average molecular weight is 308 g/mol.